The lowest BCUT2D eigenvalue weighted by Gasteiger charge is -1.99. The van der Waals surface area contributed by atoms with E-state index in [1.165, 1.54) is 11.1 Å². The van der Waals surface area contributed by atoms with E-state index in [4.69, 9.17) is 4.42 Å². The van der Waals surface area contributed by atoms with Gasteiger partial charge in [0.2, 0.25) is 0 Å². The summed E-state index contributed by atoms with van der Waals surface area (Å²) in [6, 6.07) is 2.09. The molecule has 0 saturated heterocycles. The highest BCUT2D eigenvalue weighted by atomic mass is 16.3. The van der Waals surface area contributed by atoms with Gasteiger partial charge in [-0.1, -0.05) is 6.92 Å². The molecule has 92 valence electrons. The first-order valence-corrected chi connectivity index (χ1v) is 5.97. The minimum Gasteiger partial charge on any atom is -0.462 e. The summed E-state index contributed by atoms with van der Waals surface area (Å²) >= 11 is 0. The van der Waals surface area contributed by atoms with E-state index in [0.29, 0.717) is 6.54 Å². The largest absolute Gasteiger partial charge is 0.462 e. The normalized spacial score (nSPS) is 11.0. The minimum atomic E-state index is 0.695. The fourth-order valence-electron chi connectivity index (χ4n) is 1.80. The van der Waals surface area contributed by atoms with Crippen LogP contribution in [0.3, 0.4) is 0 Å². The monoisotopic (exact) mass is 233 g/mol. The highest BCUT2D eigenvalue weighted by molar-refractivity contribution is 5.20. The van der Waals surface area contributed by atoms with E-state index in [1.54, 1.807) is 0 Å². The summed E-state index contributed by atoms with van der Waals surface area (Å²) in [6.45, 7) is 8.64. The number of hydrogen-bond acceptors (Lipinski definition) is 3. The summed E-state index contributed by atoms with van der Waals surface area (Å²) in [6.07, 6.45) is 3.87. The van der Waals surface area contributed by atoms with E-state index >= 15 is 0 Å². The molecular weight excluding hydrogens is 214 g/mol. The molecule has 0 bridgehead atoms. The number of nitrogens with zero attached hydrogens (tertiary/aromatic N) is 2. The number of hydrogen-bond donors (Lipinski definition) is 1. The van der Waals surface area contributed by atoms with E-state index in [-0.39, 0.29) is 0 Å². The first-order chi connectivity index (χ1) is 8.19. The molecule has 0 aliphatic rings. The zero-order chi connectivity index (χ0) is 12.3. The van der Waals surface area contributed by atoms with Gasteiger partial charge < -0.3 is 9.73 Å². The predicted molar refractivity (Wildman–Crippen MR) is 66.9 cm³/mol. The second-order valence-corrected chi connectivity index (χ2v) is 4.31. The average Bonchev–Trinajstić information content (AvgIpc) is 2.83. The SMILES string of the molecule is CCNCc1oc(Cn2cc(C)cn2)cc1C. The van der Waals surface area contributed by atoms with Crippen molar-refractivity contribution < 1.29 is 4.42 Å². The Morgan fingerprint density at radius 2 is 2.24 bits per heavy atom. The lowest BCUT2D eigenvalue weighted by molar-refractivity contribution is 0.431. The van der Waals surface area contributed by atoms with Crippen molar-refractivity contribution in [1.29, 1.82) is 0 Å². The summed E-state index contributed by atoms with van der Waals surface area (Å²) in [7, 11) is 0. The number of aromatic nitrogens is 2. The van der Waals surface area contributed by atoms with Gasteiger partial charge in [-0.05, 0) is 37.6 Å². The van der Waals surface area contributed by atoms with Crippen LogP contribution in [0.4, 0.5) is 0 Å². The van der Waals surface area contributed by atoms with Crippen LogP contribution in [-0.2, 0) is 13.1 Å². The molecule has 2 aromatic heterocycles. The van der Waals surface area contributed by atoms with Gasteiger partial charge in [0.1, 0.15) is 11.5 Å². The van der Waals surface area contributed by atoms with Crippen molar-refractivity contribution in [2.24, 2.45) is 0 Å². The molecule has 4 nitrogen and oxygen atoms in total. The Balaban J connectivity index is 2.06. The summed E-state index contributed by atoms with van der Waals surface area (Å²) < 4.78 is 7.70. The van der Waals surface area contributed by atoms with Crippen molar-refractivity contribution in [3.8, 4) is 0 Å². The second kappa shape index (κ2) is 5.19. The Labute approximate surface area is 102 Å². The molecule has 0 atom stereocenters. The quantitative estimate of drug-likeness (QED) is 0.861. The van der Waals surface area contributed by atoms with Crippen LogP contribution >= 0.6 is 0 Å². The first-order valence-electron chi connectivity index (χ1n) is 5.97. The molecule has 0 aliphatic carbocycles. The minimum absolute atomic E-state index is 0.695. The van der Waals surface area contributed by atoms with E-state index in [2.05, 4.69) is 30.3 Å². The van der Waals surface area contributed by atoms with Crippen LogP contribution < -0.4 is 5.32 Å². The fourth-order valence-corrected chi connectivity index (χ4v) is 1.80. The zero-order valence-electron chi connectivity index (χ0n) is 10.7. The van der Waals surface area contributed by atoms with Gasteiger partial charge in [0.25, 0.3) is 0 Å². The molecular formula is C13H19N3O. The van der Waals surface area contributed by atoms with Crippen LogP contribution in [0, 0.1) is 13.8 Å². The lowest BCUT2D eigenvalue weighted by Crippen LogP contribution is -2.11. The maximum atomic E-state index is 5.81. The molecule has 0 spiro atoms. The lowest BCUT2D eigenvalue weighted by atomic mass is 10.2. The molecule has 0 amide bonds. The van der Waals surface area contributed by atoms with E-state index < -0.39 is 0 Å². The van der Waals surface area contributed by atoms with Crippen molar-refractivity contribution >= 4 is 0 Å². The first kappa shape index (κ1) is 11.9. The number of rotatable bonds is 5. The summed E-state index contributed by atoms with van der Waals surface area (Å²) in [4.78, 5) is 0. The molecule has 0 aliphatic heterocycles. The Hall–Kier alpha value is -1.55. The van der Waals surface area contributed by atoms with Gasteiger partial charge in [-0.3, -0.25) is 4.68 Å². The highest BCUT2D eigenvalue weighted by Crippen LogP contribution is 2.15. The molecule has 0 saturated carbocycles. The van der Waals surface area contributed by atoms with Crippen LogP contribution in [0.2, 0.25) is 0 Å². The molecule has 1 N–H and O–H groups in total. The smallest absolute Gasteiger partial charge is 0.126 e. The van der Waals surface area contributed by atoms with Crippen molar-refractivity contribution in [2.75, 3.05) is 6.54 Å². The van der Waals surface area contributed by atoms with Crippen molar-refractivity contribution in [1.82, 2.24) is 15.1 Å². The van der Waals surface area contributed by atoms with E-state index in [0.717, 1.165) is 24.6 Å². The van der Waals surface area contributed by atoms with E-state index in [9.17, 15) is 0 Å². The summed E-state index contributed by atoms with van der Waals surface area (Å²) in [5.41, 5.74) is 2.37. The van der Waals surface area contributed by atoms with Crippen molar-refractivity contribution in [2.45, 2.75) is 33.9 Å². The van der Waals surface area contributed by atoms with Crippen LogP contribution in [0.1, 0.15) is 29.6 Å². The molecule has 0 aromatic carbocycles. The van der Waals surface area contributed by atoms with Crippen molar-refractivity contribution in [3.05, 3.63) is 41.1 Å². The second-order valence-electron chi connectivity index (χ2n) is 4.31. The van der Waals surface area contributed by atoms with Crippen LogP contribution in [-0.4, -0.2) is 16.3 Å². The van der Waals surface area contributed by atoms with Gasteiger partial charge in [0.05, 0.1) is 19.3 Å². The molecule has 0 fully saturated rings. The third-order valence-electron chi connectivity index (χ3n) is 2.69. The Kier molecular flexibility index (Phi) is 3.64. The van der Waals surface area contributed by atoms with Gasteiger partial charge in [-0.25, -0.2) is 0 Å². The maximum Gasteiger partial charge on any atom is 0.126 e. The molecule has 2 rings (SSSR count). The van der Waals surface area contributed by atoms with Gasteiger partial charge in [0, 0.05) is 6.20 Å². The van der Waals surface area contributed by atoms with Gasteiger partial charge in [0.15, 0.2) is 0 Å². The van der Waals surface area contributed by atoms with E-state index in [1.807, 2.05) is 24.0 Å². The summed E-state index contributed by atoms with van der Waals surface area (Å²) in [5.74, 6) is 1.98. The highest BCUT2D eigenvalue weighted by Gasteiger charge is 2.07. The van der Waals surface area contributed by atoms with Crippen molar-refractivity contribution in [3.63, 3.8) is 0 Å². The number of nitrogens with one attached hydrogen (secondary N) is 1. The molecule has 2 aromatic rings. The third-order valence-corrected chi connectivity index (χ3v) is 2.69. The number of furan rings is 1. The molecule has 0 radical (unpaired) electrons. The summed E-state index contributed by atoms with van der Waals surface area (Å²) in [5, 5.41) is 7.52. The van der Waals surface area contributed by atoms with Crippen LogP contribution in [0.25, 0.3) is 0 Å². The Morgan fingerprint density at radius 1 is 1.41 bits per heavy atom. The zero-order valence-corrected chi connectivity index (χ0v) is 10.7. The Bertz CT molecular complexity index is 485. The Morgan fingerprint density at radius 3 is 2.88 bits per heavy atom. The van der Waals surface area contributed by atoms with Gasteiger partial charge >= 0.3 is 0 Å². The molecule has 17 heavy (non-hydrogen) atoms. The standard InChI is InChI=1S/C13H19N3O/c1-4-14-7-13-11(3)5-12(17-13)9-16-8-10(2)6-15-16/h5-6,8,14H,4,7,9H2,1-3H3. The predicted octanol–water partition coefficient (Wildman–Crippen LogP) is 2.25. The number of aryl methyl sites for hydroxylation is 2. The van der Waals surface area contributed by atoms with Crippen LogP contribution in [0.5, 0.6) is 0 Å². The molecule has 0 unspecified atom stereocenters. The van der Waals surface area contributed by atoms with Gasteiger partial charge in [-0.15, -0.1) is 0 Å². The molecule has 2 heterocycles. The maximum absolute atomic E-state index is 5.81. The average molecular weight is 233 g/mol. The topological polar surface area (TPSA) is 43.0 Å². The van der Waals surface area contributed by atoms with Crippen LogP contribution in [0.15, 0.2) is 22.9 Å². The fraction of sp³-hybridized carbons (Fsp3) is 0.462. The van der Waals surface area contributed by atoms with Gasteiger partial charge in [-0.2, -0.15) is 5.10 Å². The molecule has 4 heteroatoms. The third kappa shape index (κ3) is 2.97.